The maximum atomic E-state index is 11.9. The van der Waals surface area contributed by atoms with Gasteiger partial charge in [0.1, 0.15) is 17.1 Å². The Labute approximate surface area is 98.0 Å². The van der Waals surface area contributed by atoms with Crippen molar-refractivity contribution in [3.63, 3.8) is 0 Å². The molecule has 1 aliphatic heterocycles. The van der Waals surface area contributed by atoms with Crippen molar-refractivity contribution in [1.29, 1.82) is 0 Å². The molecule has 1 aliphatic rings. The van der Waals surface area contributed by atoms with Crippen molar-refractivity contribution in [2.45, 2.75) is 13.5 Å². The molecule has 1 aromatic carbocycles. The van der Waals surface area contributed by atoms with E-state index in [9.17, 15) is 4.79 Å². The molecule has 17 heavy (non-hydrogen) atoms. The van der Waals surface area contributed by atoms with Crippen molar-refractivity contribution in [3.05, 3.63) is 28.2 Å². The normalized spacial score (nSPS) is 13.5. The van der Waals surface area contributed by atoms with Gasteiger partial charge in [-0.15, -0.1) is 0 Å². The number of anilines is 1. The van der Waals surface area contributed by atoms with Crippen LogP contribution in [-0.2, 0) is 6.54 Å². The molecule has 0 bridgehead atoms. The molecule has 5 nitrogen and oxygen atoms in total. The van der Waals surface area contributed by atoms with E-state index in [2.05, 4.69) is 10.3 Å². The third-order valence-corrected chi connectivity index (χ3v) is 3.12. The van der Waals surface area contributed by atoms with Gasteiger partial charge in [0.05, 0.1) is 7.11 Å². The van der Waals surface area contributed by atoms with Crippen molar-refractivity contribution in [1.82, 2.24) is 9.55 Å². The number of fused-ring (bicyclic) bond motifs is 3. The van der Waals surface area contributed by atoms with E-state index in [0.717, 1.165) is 23.3 Å². The number of ether oxygens (including phenoxy) is 1. The average molecular weight is 231 g/mol. The largest absolute Gasteiger partial charge is 0.494 e. The molecule has 0 saturated carbocycles. The van der Waals surface area contributed by atoms with E-state index in [0.29, 0.717) is 17.8 Å². The minimum atomic E-state index is -0.221. The summed E-state index contributed by atoms with van der Waals surface area (Å²) in [5.74, 6) is 1.52. The van der Waals surface area contributed by atoms with Crippen LogP contribution < -0.4 is 15.7 Å². The highest BCUT2D eigenvalue weighted by atomic mass is 16.5. The Morgan fingerprint density at radius 3 is 3.06 bits per heavy atom. The van der Waals surface area contributed by atoms with Gasteiger partial charge in [-0.05, 0) is 18.6 Å². The van der Waals surface area contributed by atoms with Crippen LogP contribution in [0.15, 0.2) is 16.9 Å². The summed E-state index contributed by atoms with van der Waals surface area (Å²) in [4.78, 5) is 16.0. The van der Waals surface area contributed by atoms with Crippen molar-refractivity contribution < 1.29 is 4.74 Å². The average Bonchev–Trinajstić information content (AvgIpc) is 2.79. The van der Waals surface area contributed by atoms with Gasteiger partial charge in [0.2, 0.25) is 0 Å². The Bertz CT molecular complexity index is 661. The summed E-state index contributed by atoms with van der Waals surface area (Å²) < 4.78 is 7.00. The van der Waals surface area contributed by atoms with Crippen molar-refractivity contribution >= 4 is 16.7 Å². The number of hydrogen-bond acceptors (Lipinski definition) is 4. The third kappa shape index (κ3) is 1.32. The summed E-state index contributed by atoms with van der Waals surface area (Å²) in [6.45, 7) is 3.39. The first-order valence-corrected chi connectivity index (χ1v) is 5.54. The van der Waals surface area contributed by atoms with Crippen LogP contribution >= 0.6 is 0 Å². The minimum absolute atomic E-state index is 0.221. The van der Waals surface area contributed by atoms with E-state index in [1.807, 2.05) is 19.1 Å². The first-order chi connectivity index (χ1) is 8.22. The highest BCUT2D eigenvalue weighted by Gasteiger charge is 2.18. The van der Waals surface area contributed by atoms with Gasteiger partial charge in [0, 0.05) is 18.5 Å². The number of nitrogens with one attached hydrogen (secondary N) is 1. The van der Waals surface area contributed by atoms with Crippen molar-refractivity contribution in [2.75, 3.05) is 19.0 Å². The zero-order chi connectivity index (χ0) is 12.0. The van der Waals surface area contributed by atoms with Gasteiger partial charge < -0.3 is 10.1 Å². The van der Waals surface area contributed by atoms with Crippen LogP contribution in [-0.4, -0.2) is 23.2 Å². The molecule has 0 amide bonds. The summed E-state index contributed by atoms with van der Waals surface area (Å²) in [5.41, 5.74) is 1.40. The monoisotopic (exact) mass is 231 g/mol. The fraction of sp³-hybridized carbons (Fsp3) is 0.333. The number of rotatable bonds is 1. The number of hydrogen-bond donors (Lipinski definition) is 1. The Morgan fingerprint density at radius 2 is 2.29 bits per heavy atom. The molecular weight excluding hydrogens is 218 g/mol. The molecule has 0 aliphatic carbocycles. The van der Waals surface area contributed by atoms with Crippen molar-refractivity contribution in [2.24, 2.45) is 0 Å². The predicted molar refractivity (Wildman–Crippen MR) is 65.8 cm³/mol. The highest BCUT2D eigenvalue weighted by Crippen LogP contribution is 2.31. The number of nitrogens with zero attached hydrogens (tertiary/aromatic N) is 2. The Balaban J connectivity index is 2.48. The maximum absolute atomic E-state index is 11.9. The van der Waals surface area contributed by atoms with E-state index in [4.69, 9.17) is 4.74 Å². The lowest BCUT2D eigenvalue weighted by Crippen LogP contribution is -2.21. The Kier molecular flexibility index (Phi) is 2.07. The summed E-state index contributed by atoms with van der Waals surface area (Å²) in [7, 11) is 1.60. The Morgan fingerprint density at radius 1 is 1.47 bits per heavy atom. The number of methoxy groups -OCH3 is 1. The fourth-order valence-corrected chi connectivity index (χ4v) is 2.31. The van der Waals surface area contributed by atoms with Gasteiger partial charge in [-0.25, -0.2) is 4.79 Å². The Hall–Kier alpha value is -2.04. The zero-order valence-corrected chi connectivity index (χ0v) is 9.78. The summed E-state index contributed by atoms with van der Waals surface area (Å²) in [6.07, 6.45) is 0. The van der Waals surface area contributed by atoms with Crippen molar-refractivity contribution in [3.8, 4) is 5.75 Å². The second kappa shape index (κ2) is 3.48. The topological polar surface area (TPSA) is 56.2 Å². The van der Waals surface area contributed by atoms with Gasteiger partial charge >= 0.3 is 5.69 Å². The summed E-state index contributed by atoms with van der Waals surface area (Å²) in [5, 5.41) is 4.16. The van der Waals surface area contributed by atoms with Crippen LogP contribution in [0, 0.1) is 6.92 Å². The molecule has 0 saturated heterocycles. The lowest BCUT2D eigenvalue weighted by Gasteiger charge is -2.11. The number of aryl methyl sites for hydroxylation is 1. The molecule has 3 rings (SSSR count). The molecule has 1 aromatic heterocycles. The molecule has 1 N–H and O–H groups in total. The lowest BCUT2D eigenvalue weighted by molar-refractivity contribution is 0.415. The van der Waals surface area contributed by atoms with E-state index < -0.39 is 0 Å². The zero-order valence-electron chi connectivity index (χ0n) is 9.78. The van der Waals surface area contributed by atoms with Crippen LogP contribution in [0.4, 0.5) is 5.82 Å². The molecule has 5 heteroatoms. The van der Waals surface area contributed by atoms with Gasteiger partial charge in [0.25, 0.3) is 0 Å². The molecular formula is C12H13N3O2. The van der Waals surface area contributed by atoms with E-state index >= 15 is 0 Å². The van der Waals surface area contributed by atoms with Gasteiger partial charge in [-0.2, -0.15) is 4.98 Å². The van der Waals surface area contributed by atoms with Crippen LogP contribution in [0.3, 0.4) is 0 Å². The maximum Gasteiger partial charge on any atom is 0.349 e. The molecule has 0 atom stereocenters. The molecule has 0 unspecified atom stereocenters. The first-order valence-electron chi connectivity index (χ1n) is 5.54. The second-order valence-corrected chi connectivity index (χ2v) is 4.13. The first kappa shape index (κ1) is 10.1. The lowest BCUT2D eigenvalue weighted by atomic mass is 10.1. The quantitative estimate of drug-likeness (QED) is 0.799. The molecule has 0 fully saturated rings. The number of benzene rings is 1. The molecule has 2 aromatic rings. The SMILES string of the molecule is COc1c(C)ccc2c3n(c(=O)nc12)CCN3. The summed E-state index contributed by atoms with van der Waals surface area (Å²) >= 11 is 0. The van der Waals surface area contributed by atoms with E-state index in [1.165, 1.54) is 0 Å². The highest BCUT2D eigenvalue weighted by molar-refractivity contribution is 5.94. The van der Waals surface area contributed by atoms with Crippen LogP contribution in [0.5, 0.6) is 5.75 Å². The molecule has 0 spiro atoms. The smallest absolute Gasteiger partial charge is 0.349 e. The minimum Gasteiger partial charge on any atom is -0.494 e. The molecule has 2 heterocycles. The van der Waals surface area contributed by atoms with Crippen LogP contribution in [0.25, 0.3) is 10.9 Å². The van der Waals surface area contributed by atoms with Crippen LogP contribution in [0.2, 0.25) is 0 Å². The summed E-state index contributed by atoms with van der Waals surface area (Å²) in [6, 6.07) is 3.96. The fourth-order valence-electron chi connectivity index (χ4n) is 2.31. The van der Waals surface area contributed by atoms with Crippen LogP contribution in [0.1, 0.15) is 5.56 Å². The molecule has 88 valence electrons. The second-order valence-electron chi connectivity index (χ2n) is 4.13. The van der Waals surface area contributed by atoms with E-state index in [1.54, 1.807) is 11.7 Å². The standard InChI is InChI=1S/C12H13N3O2/c1-7-3-4-8-9(10(7)17-2)14-12(16)15-6-5-13-11(8)15/h3-4,13H,5-6H2,1-2H3. The predicted octanol–water partition coefficient (Wildman–Crippen LogP) is 1.14. The van der Waals surface area contributed by atoms with E-state index in [-0.39, 0.29) is 5.69 Å². The third-order valence-electron chi connectivity index (χ3n) is 3.12. The van der Waals surface area contributed by atoms with Gasteiger partial charge in [-0.3, -0.25) is 4.57 Å². The van der Waals surface area contributed by atoms with Gasteiger partial charge in [-0.1, -0.05) is 6.07 Å². The van der Waals surface area contributed by atoms with Gasteiger partial charge in [0.15, 0.2) is 0 Å². The number of aromatic nitrogens is 2. The molecule has 0 radical (unpaired) electrons.